The number of nitrogens with zero attached hydrogens (tertiary/aromatic N) is 1. The van der Waals surface area contributed by atoms with E-state index in [9.17, 15) is 9.59 Å². The van der Waals surface area contributed by atoms with Crippen molar-refractivity contribution in [2.45, 2.75) is 6.92 Å². The van der Waals surface area contributed by atoms with E-state index in [1.807, 2.05) is 37.3 Å². The summed E-state index contributed by atoms with van der Waals surface area (Å²) in [6, 6.07) is 21.3. The van der Waals surface area contributed by atoms with Gasteiger partial charge in [0.1, 0.15) is 5.75 Å². The molecule has 0 aliphatic carbocycles. The van der Waals surface area contributed by atoms with Crippen LogP contribution in [0.5, 0.6) is 5.75 Å². The zero-order valence-electron chi connectivity index (χ0n) is 15.7. The zero-order chi connectivity index (χ0) is 20.1. The minimum atomic E-state index is -0.220. The maximum atomic E-state index is 12.8. The van der Waals surface area contributed by atoms with Crippen LogP contribution in [-0.4, -0.2) is 25.3 Å². The van der Waals surface area contributed by atoms with Crippen molar-refractivity contribution in [2.75, 3.05) is 18.6 Å². The molecule has 5 heteroatoms. The number of halogens is 1. The van der Waals surface area contributed by atoms with Gasteiger partial charge < -0.3 is 9.64 Å². The van der Waals surface area contributed by atoms with E-state index in [4.69, 9.17) is 16.3 Å². The molecular weight excluding hydrogens is 374 g/mol. The molecule has 0 aliphatic heterocycles. The molecule has 3 rings (SSSR count). The average Bonchev–Trinajstić information content (AvgIpc) is 2.72. The summed E-state index contributed by atoms with van der Waals surface area (Å²) in [5.74, 6) is -0.107. The molecule has 0 bridgehead atoms. The zero-order valence-corrected chi connectivity index (χ0v) is 16.4. The Kier molecular flexibility index (Phi) is 6.12. The molecule has 0 unspecified atom stereocenters. The molecule has 0 heterocycles. The highest BCUT2D eigenvalue weighted by atomic mass is 35.5. The summed E-state index contributed by atoms with van der Waals surface area (Å²) in [5.41, 5.74) is 2.65. The van der Waals surface area contributed by atoms with Crippen LogP contribution < -0.4 is 9.64 Å². The summed E-state index contributed by atoms with van der Waals surface area (Å²) in [5, 5.41) is 0.426. The highest BCUT2D eigenvalue weighted by Gasteiger charge is 2.18. The Balaban J connectivity index is 1.79. The number of rotatable bonds is 6. The number of anilines is 1. The van der Waals surface area contributed by atoms with Crippen molar-refractivity contribution in [1.82, 2.24) is 0 Å². The van der Waals surface area contributed by atoms with Crippen molar-refractivity contribution in [3.05, 3.63) is 94.5 Å². The van der Waals surface area contributed by atoms with Gasteiger partial charge in [0.2, 0.25) is 0 Å². The number of hydrogen-bond acceptors (Lipinski definition) is 3. The molecule has 142 valence electrons. The highest BCUT2D eigenvalue weighted by Crippen LogP contribution is 2.26. The van der Waals surface area contributed by atoms with Crippen LogP contribution in [0.2, 0.25) is 5.02 Å². The fraction of sp³-hybridized carbons (Fsp3) is 0.130. The Labute approximate surface area is 169 Å². The maximum absolute atomic E-state index is 12.8. The molecule has 0 aromatic heterocycles. The molecule has 0 spiro atoms. The van der Waals surface area contributed by atoms with Gasteiger partial charge in [-0.2, -0.15) is 0 Å². The Morgan fingerprint density at radius 1 is 0.964 bits per heavy atom. The van der Waals surface area contributed by atoms with E-state index in [-0.39, 0.29) is 18.3 Å². The van der Waals surface area contributed by atoms with Crippen molar-refractivity contribution in [3.63, 3.8) is 0 Å². The number of hydrogen-bond donors (Lipinski definition) is 0. The summed E-state index contributed by atoms with van der Waals surface area (Å²) in [4.78, 5) is 27.0. The Morgan fingerprint density at radius 2 is 1.64 bits per heavy atom. The minimum Gasteiger partial charge on any atom is -0.483 e. The first kappa shape index (κ1) is 19.6. The van der Waals surface area contributed by atoms with Crippen LogP contribution in [0.1, 0.15) is 21.5 Å². The summed E-state index contributed by atoms with van der Waals surface area (Å²) < 4.78 is 5.71. The van der Waals surface area contributed by atoms with Crippen LogP contribution in [0.25, 0.3) is 0 Å². The number of ether oxygens (including phenoxy) is 1. The second kappa shape index (κ2) is 8.72. The summed E-state index contributed by atoms with van der Waals surface area (Å²) in [6.45, 7) is 1.75. The molecule has 0 fully saturated rings. The number of aryl methyl sites for hydroxylation is 1. The molecule has 3 aromatic carbocycles. The highest BCUT2D eigenvalue weighted by molar-refractivity contribution is 6.31. The number of ketones is 1. The third-order valence-corrected chi connectivity index (χ3v) is 4.66. The monoisotopic (exact) mass is 393 g/mol. The molecule has 0 radical (unpaired) electrons. The largest absolute Gasteiger partial charge is 0.483 e. The molecule has 1 amide bonds. The third kappa shape index (κ3) is 4.41. The van der Waals surface area contributed by atoms with Crippen LogP contribution in [-0.2, 0) is 4.79 Å². The summed E-state index contributed by atoms with van der Waals surface area (Å²) in [6.07, 6.45) is 0. The average molecular weight is 394 g/mol. The molecule has 0 N–H and O–H groups in total. The molecule has 28 heavy (non-hydrogen) atoms. The van der Waals surface area contributed by atoms with Crippen LogP contribution >= 0.6 is 11.6 Å². The number of carbonyl (C=O) groups is 2. The van der Waals surface area contributed by atoms with Gasteiger partial charge >= 0.3 is 0 Å². The molecular formula is C23H20ClNO3. The van der Waals surface area contributed by atoms with E-state index in [1.54, 1.807) is 54.4 Å². The first-order chi connectivity index (χ1) is 13.5. The van der Waals surface area contributed by atoms with Gasteiger partial charge in [-0.05, 0) is 36.8 Å². The van der Waals surface area contributed by atoms with Gasteiger partial charge in [-0.1, -0.05) is 60.1 Å². The van der Waals surface area contributed by atoms with E-state index >= 15 is 0 Å². The summed E-state index contributed by atoms with van der Waals surface area (Å²) >= 11 is 6.08. The molecule has 0 saturated carbocycles. The minimum absolute atomic E-state index is 0.193. The normalized spacial score (nSPS) is 10.4. The topological polar surface area (TPSA) is 46.6 Å². The second-order valence-corrected chi connectivity index (χ2v) is 6.80. The number of para-hydroxylation sites is 1. The van der Waals surface area contributed by atoms with E-state index < -0.39 is 0 Å². The van der Waals surface area contributed by atoms with Gasteiger partial charge in [-0.25, -0.2) is 0 Å². The third-order valence-electron chi connectivity index (χ3n) is 4.42. The van der Waals surface area contributed by atoms with Crippen molar-refractivity contribution in [2.24, 2.45) is 0 Å². The van der Waals surface area contributed by atoms with Crippen molar-refractivity contribution < 1.29 is 14.3 Å². The van der Waals surface area contributed by atoms with Gasteiger partial charge in [0.05, 0.1) is 5.56 Å². The first-order valence-electron chi connectivity index (χ1n) is 8.81. The molecule has 0 aliphatic rings. The van der Waals surface area contributed by atoms with Crippen LogP contribution in [0.3, 0.4) is 0 Å². The van der Waals surface area contributed by atoms with Crippen LogP contribution in [0.4, 0.5) is 5.69 Å². The van der Waals surface area contributed by atoms with Gasteiger partial charge in [-0.3, -0.25) is 9.59 Å². The van der Waals surface area contributed by atoms with Gasteiger partial charge in [0.25, 0.3) is 5.91 Å². The van der Waals surface area contributed by atoms with E-state index in [0.29, 0.717) is 21.9 Å². The van der Waals surface area contributed by atoms with Gasteiger partial charge in [0, 0.05) is 23.3 Å². The fourth-order valence-electron chi connectivity index (χ4n) is 2.86. The van der Waals surface area contributed by atoms with E-state index in [0.717, 1.165) is 11.3 Å². The first-order valence-corrected chi connectivity index (χ1v) is 9.19. The SMILES string of the molecule is Cc1ccccc1N(C)C(=O)COc1ccc(Cl)cc1C(=O)c1ccccc1. The van der Waals surface area contributed by atoms with Gasteiger partial charge in [-0.15, -0.1) is 0 Å². The van der Waals surface area contributed by atoms with Crippen LogP contribution in [0.15, 0.2) is 72.8 Å². The Morgan fingerprint density at radius 3 is 2.36 bits per heavy atom. The Bertz CT molecular complexity index is 1000. The van der Waals surface area contributed by atoms with Crippen molar-refractivity contribution in [3.8, 4) is 5.75 Å². The van der Waals surface area contributed by atoms with Gasteiger partial charge in [0.15, 0.2) is 12.4 Å². The lowest BCUT2D eigenvalue weighted by Gasteiger charge is -2.20. The predicted molar refractivity (Wildman–Crippen MR) is 111 cm³/mol. The fourth-order valence-corrected chi connectivity index (χ4v) is 3.03. The molecule has 3 aromatic rings. The lowest BCUT2D eigenvalue weighted by atomic mass is 10.0. The second-order valence-electron chi connectivity index (χ2n) is 6.36. The maximum Gasteiger partial charge on any atom is 0.264 e. The number of likely N-dealkylation sites (N-methyl/N-ethyl adjacent to an activating group) is 1. The number of carbonyl (C=O) groups excluding carboxylic acids is 2. The van der Waals surface area contributed by atoms with E-state index in [2.05, 4.69) is 0 Å². The van der Waals surface area contributed by atoms with Crippen LogP contribution in [0, 0.1) is 6.92 Å². The number of amides is 1. The predicted octanol–water partition coefficient (Wildman–Crippen LogP) is 4.92. The van der Waals surface area contributed by atoms with Crippen molar-refractivity contribution in [1.29, 1.82) is 0 Å². The van der Waals surface area contributed by atoms with Crippen molar-refractivity contribution >= 4 is 29.0 Å². The standard InChI is InChI=1S/C23H20ClNO3/c1-16-8-6-7-11-20(16)25(2)22(26)15-28-21-13-12-18(24)14-19(21)23(27)17-9-4-3-5-10-17/h3-14H,15H2,1-2H3. The lowest BCUT2D eigenvalue weighted by Crippen LogP contribution is -2.32. The smallest absolute Gasteiger partial charge is 0.264 e. The number of benzene rings is 3. The lowest BCUT2D eigenvalue weighted by molar-refractivity contribution is -0.120. The summed E-state index contributed by atoms with van der Waals surface area (Å²) in [7, 11) is 1.70. The molecule has 4 nitrogen and oxygen atoms in total. The van der Waals surface area contributed by atoms with E-state index in [1.165, 1.54) is 0 Å². The quantitative estimate of drug-likeness (QED) is 0.558. The Hall–Kier alpha value is -3.11. The molecule has 0 saturated heterocycles. The molecule has 0 atom stereocenters.